The fourth-order valence-electron chi connectivity index (χ4n) is 3.88. The van der Waals surface area contributed by atoms with E-state index in [1.807, 2.05) is 31.2 Å². The van der Waals surface area contributed by atoms with Gasteiger partial charge in [0.2, 0.25) is 0 Å². The first-order chi connectivity index (χ1) is 13.3. The zero-order valence-electron chi connectivity index (χ0n) is 15.4. The van der Waals surface area contributed by atoms with E-state index in [1.54, 1.807) is 0 Å². The van der Waals surface area contributed by atoms with E-state index in [0.717, 1.165) is 16.3 Å². The van der Waals surface area contributed by atoms with Crippen LogP contribution in [0, 0.1) is 0 Å². The normalized spacial score (nSPS) is 11.0. The van der Waals surface area contributed by atoms with Crippen molar-refractivity contribution in [2.75, 3.05) is 0 Å². The summed E-state index contributed by atoms with van der Waals surface area (Å²) < 4.78 is 0. The Morgan fingerprint density at radius 1 is 0.704 bits per heavy atom. The van der Waals surface area contributed by atoms with Crippen molar-refractivity contribution in [3.05, 3.63) is 119 Å². The minimum absolute atomic E-state index is 0.0851. The summed E-state index contributed by atoms with van der Waals surface area (Å²) in [6, 6.07) is 33.5. The number of carbonyl (C=O) groups is 1. The molecule has 0 N–H and O–H groups in total. The van der Waals surface area contributed by atoms with E-state index in [9.17, 15) is 4.79 Å². The minimum atomic E-state index is 0.0851. The van der Waals surface area contributed by atoms with Crippen molar-refractivity contribution in [2.45, 2.75) is 19.3 Å². The highest BCUT2D eigenvalue weighted by Crippen LogP contribution is 2.37. The van der Waals surface area contributed by atoms with Crippen LogP contribution in [-0.2, 0) is 0 Å². The second kappa shape index (κ2) is 7.59. The molecule has 0 heterocycles. The maximum Gasteiger partial charge on any atom is 0.163 e. The van der Waals surface area contributed by atoms with E-state index in [-0.39, 0.29) is 11.7 Å². The van der Waals surface area contributed by atoms with Crippen LogP contribution in [0.4, 0.5) is 0 Å². The molecule has 0 bridgehead atoms. The molecule has 0 aliphatic rings. The van der Waals surface area contributed by atoms with E-state index in [0.29, 0.717) is 6.42 Å². The molecule has 0 saturated heterocycles. The molecule has 4 rings (SSSR count). The molecule has 0 fully saturated rings. The van der Waals surface area contributed by atoms with Gasteiger partial charge in [0.25, 0.3) is 0 Å². The Morgan fingerprint density at radius 2 is 1.26 bits per heavy atom. The third-order valence-electron chi connectivity index (χ3n) is 5.14. The highest BCUT2D eigenvalue weighted by Gasteiger charge is 2.21. The van der Waals surface area contributed by atoms with Crippen LogP contribution < -0.4 is 0 Å². The summed E-state index contributed by atoms with van der Waals surface area (Å²) in [5.41, 5.74) is 4.47. The smallest absolute Gasteiger partial charge is 0.163 e. The molecule has 1 nitrogen and oxygen atoms in total. The number of fused-ring (bicyclic) bond motifs is 1. The number of Topliss-reactive ketones (excluding diaryl/α,β-unsaturated/α-hetero) is 1. The minimum Gasteiger partial charge on any atom is -0.294 e. The predicted octanol–water partition coefficient (Wildman–Crippen LogP) is 6.61. The van der Waals surface area contributed by atoms with Crippen molar-refractivity contribution in [1.29, 1.82) is 0 Å². The summed E-state index contributed by atoms with van der Waals surface area (Å²) in [7, 11) is 0. The predicted molar refractivity (Wildman–Crippen MR) is 112 cm³/mol. The van der Waals surface area contributed by atoms with E-state index >= 15 is 0 Å². The lowest BCUT2D eigenvalue weighted by Gasteiger charge is -2.22. The summed E-state index contributed by atoms with van der Waals surface area (Å²) in [5.74, 6) is 0.273. The van der Waals surface area contributed by atoms with Gasteiger partial charge in [-0.05, 0) is 27.5 Å². The Bertz CT molecular complexity index is 1020. The molecule has 0 aromatic heterocycles. The van der Waals surface area contributed by atoms with Crippen molar-refractivity contribution >= 4 is 16.6 Å². The Kier molecular flexibility index (Phi) is 4.84. The summed E-state index contributed by atoms with van der Waals surface area (Å²) in [5, 5.41) is 2.19. The molecule has 0 amide bonds. The van der Waals surface area contributed by atoms with E-state index < -0.39 is 0 Å². The number of benzene rings is 4. The van der Waals surface area contributed by atoms with Gasteiger partial charge in [0.05, 0.1) is 0 Å². The largest absolute Gasteiger partial charge is 0.294 e. The van der Waals surface area contributed by atoms with Crippen molar-refractivity contribution in [3.63, 3.8) is 0 Å². The highest BCUT2D eigenvalue weighted by atomic mass is 16.1. The van der Waals surface area contributed by atoms with Gasteiger partial charge in [0.15, 0.2) is 5.78 Å². The number of ketones is 1. The highest BCUT2D eigenvalue weighted by molar-refractivity contribution is 6.09. The first-order valence-corrected chi connectivity index (χ1v) is 9.44. The van der Waals surface area contributed by atoms with Gasteiger partial charge in [-0.3, -0.25) is 4.79 Å². The Hall–Kier alpha value is -3.19. The van der Waals surface area contributed by atoms with Crippen LogP contribution in [0.5, 0.6) is 0 Å². The van der Waals surface area contributed by atoms with Crippen LogP contribution in [0.25, 0.3) is 10.8 Å². The molecule has 0 spiro atoms. The quantitative estimate of drug-likeness (QED) is 0.292. The standard InChI is InChI=1S/C26H22O/c1-2-24(27)22-17-9-15-21-16-10-18-23(26(21)22)25(19-11-5-3-6-12-19)20-13-7-4-8-14-20/h3-18,25H,2H2,1H3. The molecule has 0 atom stereocenters. The molecule has 27 heavy (non-hydrogen) atoms. The van der Waals surface area contributed by atoms with Gasteiger partial charge in [0.1, 0.15) is 0 Å². The SMILES string of the molecule is CCC(=O)c1cccc2cccc(C(c3ccccc3)c3ccccc3)c12. The van der Waals surface area contributed by atoms with E-state index in [1.165, 1.54) is 16.7 Å². The monoisotopic (exact) mass is 350 g/mol. The summed E-state index contributed by atoms with van der Waals surface area (Å²) >= 11 is 0. The van der Waals surface area contributed by atoms with Crippen molar-refractivity contribution in [3.8, 4) is 0 Å². The lowest BCUT2D eigenvalue weighted by Crippen LogP contribution is -2.07. The van der Waals surface area contributed by atoms with Gasteiger partial charge in [-0.2, -0.15) is 0 Å². The first-order valence-electron chi connectivity index (χ1n) is 9.44. The van der Waals surface area contributed by atoms with Gasteiger partial charge in [-0.25, -0.2) is 0 Å². The zero-order chi connectivity index (χ0) is 18.6. The van der Waals surface area contributed by atoms with Gasteiger partial charge in [0, 0.05) is 17.9 Å². The third-order valence-corrected chi connectivity index (χ3v) is 5.14. The van der Waals surface area contributed by atoms with Gasteiger partial charge in [-0.15, -0.1) is 0 Å². The zero-order valence-corrected chi connectivity index (χ0v) is 15.4. The van der Waals surface area contributed by atoms with Crippen LogP contribution >= 0.6 is 0 Å². The van der Waals surface area contributed by atoms with Crippen molar-refractivity contribution in [1.82, 2.24) is 0 Å². The average molecular weight is 350 g/mol. The molecule has 0 aliphatic heterocycles. The number of rotatable bonds is 5. The Morgan fingerprint density at radius 3 is 1.81 bits per heavy atom. The molecular weight excluding hydrogens is 328 g/mol. The van der Waals surface area contributed by atoms with Gasteiger partial charge >= 0.3 is 0 Å². The average Bonchev–Trinajstić information content (AvgIpc) is 2.74. The van der Waals surface area contributed by atoms with Crippen LogP contribution in [0.2, 0.25) is 0 Å². The van der Waals surface area contributed by atoms with Crippen LogP contribution in [0.3, 0.4) is 0 Å². The van der Waals surface area contributed by atoms with E-state index in [2.05, 4.69) is 72.8 Å². The molecule has 132 valence electrons. The molecule has 0 aliphatic carbocycles. The van der Waals surface area contributed by atoms with E-state index in [4.69, 9.17) is 0 Å². The molecule has 4 aromatic carbocycles. The number of hydrogen-bond acceptors (Lipinski definition) is 1. The lowest BCUT2D eigenvalue weighted by atomic mass is 9.81. The summed E-state index contributed by atoms with van der Waals surface area (Å²) in [6.07, 6.45) is 0.509. The van der Waals surface area contributed by atoms with Gasteiger partial charge in [-0.1, -0.05) is 104 Å². The number of hydrogen-bond donors (Lipinski definition) is 0. The Balaban J connectivity index is 2.04. The molecule has 1 heteroatoms. The van der Waals surface area contributed by atoms with Crippen molar-refractivity contribution in [2.24, 2.45) is 0 Å². The summed E-state index contributed by atoms with van der Waals surface area (Å²) in [4.78, 5) is 12.7. The fraction of sp³-hybridized carbons (Fsp3) is 0.115. The third kappa shape index (κ3) is 3.29. The molecule has 0 unspecified atom stereocenters. The van der Waals surface area contributed by atoms with Crippen LogP contribution in [-0.4, -0.2) is 5.78 Å². The molecule has 0 radical (unpaired) electrons. The molecular formula is C26H22O. The lowest BCUT2D eigenvalue weighted by molar-refractivity contribution is 0.0989. The van der Waals surface area contributed by atoms with Gasteiger partial charge < -0.3 is 0 Å². The van der Waals surface area contributed by atoms with Crippen molar-refractivity contribution < 1.29 is 4.79 Å². The van der Waals surface area contributed by atoms with Crippen LogP contribution in [0.1, 0.15) is 46.3 Å². The maximum atomic E-state index is 12.7. The fourth-order valence-corrected chi connectivity index (χ4v) is 3.88. The van der Waals surface area contributed by atoms with Crippen LogP contribution in [0.15, 0.2) is 97.1 Å². The molecule has 0 saturated carbocycles. The topological polar surface area (TPSA) is 17.1 Å². The Labute approximate surface area is 160 Å². The molecule has 4 aromatic rings. The second-order valence-corrected chi connectivity index (χ2v) is 6.78. The summed E-state index contributed by atoms with van der Waals surface area (Å²) in [6.45, 7) is 1.93. The maximum absolute atomic E-state index is 12.7. The second-order valence-electron chi connectivity index (χ2n) is 6.78. The first kappa shape index (κ1) is 17.2. The number of carbonyl (C=O) groups excluding carboxylic acids is 1.